The summed E-state index contributed by atoms with van der Waals surface area (Å²) >= 11 is 0. The summed E-state index contributed by atoms with van der Waals surface area (Å²) in [6.07, 6.45) is 8.55. The lowest BCUT2D eigenvalue weighted by Gasteiger charge is -2.08. The van der Waals surface area contributed by atoms with Crippen LogP contribution < -0.4 is 0 Å². The molecule has 0 atom stereocenters. The minimum atomic E-state index is -0.240. The van der Waals surface area contributed by atoms with E-state index in [4.69, 9.17) is 0 Å². The fourth-order valence-corrected chi connectivity index (χ4v) is 2.72. The molecule has 0 saturated carbocycles. The zero-order chi connectivity index (χ0) is 17.5. The van der Waals surface area contributed by atoms with Gasteiger partial charge in [-0.3, -0.25) is 0 Å². The van der Waals surface area contributed by atoms with Gasteiger partial charge in [0, 0.05) is 5.69 Å². The van der Waals surface area contributed by atoms with Crippen LogP contribution in [0.25, 0.3) is 5.69 Å². The molecule has 0 amide bonds. The van der Waals surface area contributed by atoms with E-state index in [1.54, 1.807) is 16.8 Å². The van der Waals surface area contributed by atoms with Crippen LogP contribution in [0.4, 0.5) is 4.39 Å². The summed E-state index contributed by atoms with van der Waals surface area (Å²) < 4.78 is 15.8. The Hall–Kier alpha value is -2.16. The van der Waals surface area contributed by atoms with Crippen LogP contribution in [-0.4, -0.2) is 9.78 Å². The Morgan fingerprint density at radius 3 is 2.58 bits per heavy atom. The van der Waals surface area contributed by atoms with E-state index in [9.17, 15) is 4.39 Å². The van der Waals surface area contributed by atoms with Crippen LogP contribution in [0.15, 0.2) is 53.6 Å². The van der Waals surface area contributed by atoms with Crippen molar-refractivity contribution in [2.24, 2.45) is 0 Å². The van der Waals surface area contributed by atoms with Gasteiger partial charge in [-0.2, -0.15) is 5.10 Å². The molecule has 2 aromatic rings. The molecule has 0 saturated heterocycles. The van der Waals surface area contributed by atoms with Gasteiger partial charge in [-0.1, -0.05) is 35.4 Å². The normalized spacial score (nSPS) is 11.6. The van der Waals surface area contributed by atoms with Gasteiger partial charge in [0.15, 0.2) is 0 Å². The first-order chi connectivity index (χ1) is 11.5. The third-order valence-electron chi connectivity index (χ3n) is 3.97. The van der Waals surface area contributed by atoms with Crippen molar-refractivity contribution < 1.29 is 4.39 Å². The highest BCUT2D eigenvalue weighted by atomic mass is 19.1. The number of aryl methyl sites for hydroxylation is 2. The third kappa shape index (κ3) is 5.19. The van der Waals surface area contributed by atoms with Crippen molar-refractivity contribution in [2.45, 2.75) is 53.4 Å². The quantitative estimate of drug-likeness (QED) is 0.575. The number of para-hydroxylation sites is 1. The molecule has 0 aliphatic carbocycles. The van der Waals surface area contributed by atoms with Gasteiger partial charge in [0.1, 0.15) is 11.5 Å². The van der Waals surface area contributed by atoms with Crippen LogP contribution in [0.3, 0.4) is 0 Å². The van der Waals surface area contributed by atoms with Gasteiger partial charge >= 0.3 is 0 Å². The number of benzene rings is 1. The molecule has 0 unspecified atom stereocenters. The number of allylic oxidation sites excluding steroid dienone is 4. The number of aromatic nitrogens is 2. The average molecular weight is 326 g/mol. The summed E-state index contributed by atoms with van der Waals surface area (Å²) in [4.78, 5) is 0. The van der Waals surface area contributed by atoms with Crippen molar-refractivity contribution >= 4 is 0 Å². The van der Waals surface area contributed by atoms with E-state index in [-0.39, 0.29) is 5.82 Å². The van der Waals surface area contributed by atoms with Crippen molar-refractivity contribution in [1.29, 1.82) is 0 Å². The molecule has 2 rings (SSSR count). The predicted octanol–water partition coefficient (Wildman–Crippen LogP) is 5.95. The lowest BCUT2D eigenvalue weighted by atomic mass is 10.1. The standard InChI is InChI=1S/C21H27FN2/c1-16(2)9-7-10-17(3)11-8-12-19-15-18(4)23-24(19)21-14-6-5-13-20(21)22/h5-6,9,11,13-15H,7-8,10,12H2,1-4H3/b17-11+. The molecule has 0 aliphatic rings. The van der Waals surface area contributed by atoms with Crippen molar-refractivity contribution in [2.75, 3.05) is 0 Å². The van der Waals surface area contributed by atoms with Crippen molar-refractivity contribution in [3.8, 4) is 5.69 Å². The molecule has 24 heavy (non-hydrogen) atoms. The zero-order valence-electron chi connectivity index (χ0n) is 15.1. The van der Waals surface area contributed by atoms with Gasteiger partial charge in [0.2, 0.25) is 0 Å². The second kappa shape index (κ2) is 8.62. The van der Waals surface area contributed by atoms with E-state index in [1.807, 2.05) is 19.1 Å². The Morgan fingerprint density at radius 1 is 1.12 bits per heavy atom. The lowest BCUT2D eigenvalue weighted by molar-refractivity contribution is 0.605. The van der Waals surface area contributed by atoms with E-state index < -0.39 is 0 Å². The van der Waals surface area contributed by atoms with Crippen molar-refractivity contribution in [3.05, 3.63) is 70.8 Å². The molecular formula is C21H27FN2. The summed E-state index contributed by atoms with van der Waals surface area (Å²) in [7, 11) is 0. The van der Waals surface area contributed by atoms with Crippen molar-refractivity contribution in [1.82, 2.24) is 9.78 Å². The maximum absolute atomic E-state index is 14.0. The van der Waals surface area contributed by atoms with E-state index >= 15 is 0 Å². The fourth-order valence-electron chi connectivity index (χ4n) is 2.72. The Morgan fingerprint density at radius 2 is 1.88 bits per heavy atom. The van der Waals surface area contributed by atoms with Gasteiger partial charge in [-0.15, -0.1) is 0 Å². The van der Waals surface area contributed by atoms with Gasteiger partial charge < -0.3 is 0 Å². The maximum atomic E-state index is 14.0. The summed E-state index contributed by atoms with van der Waals surface area (Å²) in [5, 5.41) is 4.46. The SMILES string of the molecule is CC(C)=CCC/C(C)=C/CCc1cc(C)nn1-c1ccccc1F. The van der Waals surface area contributed by atoms with Gasteiger partial charge in [0.25, 0.3) is 0 Å². The first-order valence-corrected chi connectivity index (χ1v) is 8.57. The number of rotatable bonds is 7. The molecule has 0 spiro atoms. The van der Waals surface area contributed by atoms with E-state index in [2.05, 4.69) is 38.0 Å². The van der Waals surface area contributed by atoms with Gasteiger partial charge in [-0.05, 0) is 71.6 Å². The second-order valence-corrected chi connectivity index (χ2v) is 6.55. The number of hydrogen-bond acceptors (Lipinski definition) is 1. The first kappa shape index (κ1) is 18.2. The third-order valence-corrected chi connectivity index (χ3v) is 3.97. The topological polar surface area (TPSA) is 17.8 Å². The number of hydrogen-bond donors (Lipinski definition) is 0. The molecule has 0 fully saturated rings. The Bertz CT molecular complexity index is 734. The minimum absolute atomic E-state index is 0.240. The summed E-state index contributed by atoms with van der Waals surface area (Å²) in [6.45, 7) is 8.39. The van der Waals surface area contributed by atoms with E-state index in [1.165, 1.54) is 17.2 Å². The molecule has 0 aliphatic heterocycles. The van der Waals surface area contributed by atoms with Crippen LogP contribution in [0.5, 0.6) is 0 Å². The fraction of sp³-hybridized carbons (Fsp3) is 0.381. The molecule has 128 valence electrons. The molecule has 3 heteroatoms. The van der Waals surface area contributed by atoms with Crippen LogP contribution in [0, 0.1) is 12.7 Å². The van der Waals surface area contributed by atoms with E-state index in [0.717, 1.165) is 37.1 Å². The van der Waals surface area contributed by atoms with Crippen LogP contribution in [0.2, 0.25) is 0 Å². The second-order valence-electron chi connectivity index (χ2n) is 6.55. The molecule has 0 N–H and O–H groups in total. The number of halogens is 1. The van der Waals surface area contributed by atoms with Gasteiger partial charge in [-0.25, -0.2) is 9.07 Å². The first-order valence-electron chi connectivity index (χ1n) is 8.57. The highest BCUT2D eigenvalue weighted by molar-refractivity contribution is 5.35. The smallest absolute Gasteiger partial charge is 0.148 e. The average Bonchev–Trinajstić information content (AvgIpc) is 2.88. The zero-order valence-corrected chi connectivity index (χ0v) is 15.1. The van der Waals surface area contributed by atoms with Crippen molar-refractivity contribution in [3.63, 3.8) is 0 Å². The Kier molecular flexibility index (Phi) is 6.53. The molecule has 1 heterocycles. The van der Waals surface area contributed by atoms with Crippen LogP contribution in [0.1, 0.15) is 51.4 Å². The lowest BCUT2D eigenvalue weighted by Crippen LogP contribution is -2.04. The summed E-state index contributed by atoms with van der Waals surface area (Å²) in [5.41, 5.74) is 5.25. The molecule has 1 aromatic carbocycles. The van der Waals surface area contributed by atoms with Gasteiger partial charge in [0.05, 0.1) is 5.69 Å². The minimum Gasteiger partial charge on any atom is -0.235 e. The maximum Gasteiger partial charge on any atom is 0.148 e. The predicted molar refractivity (Wildman–Crippen MR) is 99.0 cm³/mol. The molecule has 1 aromatic heterocycles. The number of nitrogens with zero attached hydrogens (tertiary/aromatic N) is 2. The van der Waals surface area contributed by atoms with E-state index in [0.29, 0.717) is 5.69 Å². The highest BCUT2D eigenvalue weighted by Crippen LogP contribution is 2.18. The monoisotopic (exact) mass is 326 g/mol. The van der Waals surface area contributed by atoms with Crippen LogP contribution >= 0.6 is 0 Å². The largest absolute Gasteiger partial charge is 0.235 e. The molecule has 2 nitrogen and oxygen atoms in total. The Labute approximate surface area is 144 Å². The summed E-state index contributed by atoms with van der Waals surface area (Å²) in [6, 6.07) is 8.83. The Balaban J connectivity index is 2.04. The molecule has 0 bridgehead atoms. The summed E-state index contributed by atoms with van der Waals surface area (Å²) in [5.74, 6) is -0.240. The molecular weight excluding hydrogens is 299 g/mol. The highest BCUT2D eigenvalue weighted by Gasteiger charge is 2.10. The van der Waals surface area contributed by atoms with Crippen LogP contribution in [-0.2, 0) is 6.42 Å². The molecule has 0 radical (unpaired) electrons.